The van der Waals surface area contributed by atoms with Crippen LogP contribution in [-0.2, 0) is 11.0 Å². The van der Waals surface area contributed by atoms with Crippen molar-refractivity contribution in [1.82, 2.24) is 21.0 Å². The van der Waals surface area contributed by atoms with Crippen LogP contribution in [0.1, 0.15) is 42.2 Å². The van der Waals surface area contributed by atoms with E-state index in [-0.39, 0.29) is 53.1 Å². The molecular formula is C23H27F3N6O4. The largest absolute Gasteiger partial charge is 0.610 e. The molecule has 0 aliphatic carbocycles. The maximum absolute atomic E-state index is 13.7. The fourth-order valence-electron chi connectivity index (χ4n) is 5.03. The summed E-state index contributed by atoms with van der Waals surface area (Å²) in [5.74, 6) is -1.25. The van der Waals surface area contributed by atoms with Gasteiger partial charge in [0.1, 0.15) is 24.0 Å². The summed E-state index contributed by atoms with van der Waals surface area (Å²) in [7, 11) is 1.31. The van der Waals surface area contributed by atoms with E-state index in [4.69, 9.17) is 4.74 Å². The maximum atomic E-state index is 13.7. The Kier molecular flexibility index (Phi) is 6.87. The van der Waals surface area contributed by atoms with Crippen LogP contribution in [0, 0.1) is 28.4 Å². The van der Waals surface area contributed by atoms with Gasteiger partial charge in [0.25, 0.3) is 5.91 Å². The molecule has 10 nitrogen and oxygen atoms in total. The molecule has 2 amide bonds. The van der Waals surface area contributed by atoms with Crippen molar-refractivity contribution >= 4 is 22.7 Å². The van der Waals surface area contributed by atoms with Gasteiger partial charge in [0.2, 0.25) is 5.91 Å². The summed E-state index contributed by atoms with van der Waals surface area (Å²) in [4.78, 5) is 27.5. The zero-order valence-corrected chi connectivity index (χ0v) is 19.7. The van der Waals surface area contributed by atoms with Crippen LogP contribution in [0.15, 0.2) is 18.2 Å². The Bertz CT molecular complexity index is 1210. The van der Waals surface area contributed by atoms with Gasteiger partial charge < -0.3 is 20.2 Å². The van der Waals surface area contributed by atoms with Crippen molar-refractivity contribution in [2.75, 3.05) is 20.2 Å². The second-order valence-corrected chi connectivity index (χ2v) is 9.42. The highest BCUT2D eigenvalue weighted by molar-refractivity contribution is 6.00. The number of aromatic nitrogens is 1. The predicted octanol–water partition coefficient (Wildman–Crippen LogP) is 2.53. The number of quaternary nitrogens is 1. The third kappa shape index (κ3) is 4.97. The molecule has 0 saturated carbocycles. The fourth-order valence-corrected chi connectivity index (χ4v) is 5.03. The molecule has 13 heteroatoms. The Balaban J connectivity index is 1.55. The number of aromatic amines is 1. The molecule has 1 aromatic carbocycles. The zero-order valence-electron chi connectivity index (χ0n) is 19.7. The second kappa shape index (κ2) is 9.61. The van der Waals surface area contributed by atoms with Crippen LogP contribution in [0.25, 0.3) is 10.9 Å². The minimum absolute atomic E-state index is 0.0682. The number of methoxy groups -OCH3 is 1. The maximum Gasteiger partial charge on any atom is 0.418 e. The molecule has 2 aromatic rings. The molecule has 3 heterocycles. The number of hydroxylamine groups is 2. The van der Waals surface area contributed by atoms with E-state index >= 15 is 0 Å². The van der Waals surface area contributed by atoms with Gasteiger partial charge in [-0.3, -0.25) is 19.7 Å². The van der Waals surface area contributed by atoms with Gasteiger partial charge in [-0.05, 0) is 31.0 Å². The minimum atomic E-state index is -4.66. The van der Waals surface area contributed by atoms with Crippen molar-refractivity contribution in [3.05, 3.63) is 34.7 Å². The quantitative estimate of drug-likeness (QED) is 0.335. The Morgan fingerprint density at radius 3 is 2.78 bits per heavy atom. The van der Waals surface area contributed by atoms with Gasteiger partial charge in [0.05, 0.1) is 24.3 Å². The van der Waals surface area contributed by atoms with Crippen molar-refractivity contribution in [2.45, 2.75) is 44.6 Å². The van der Waals surface area contributed by atoms with Crippen LogP contribution < -0.4 is 20.8 Å². The number of hydrogen-bond donors (Lipinski definition) is 4. The number of nitrogens with zero attached hydrogens (tertiary/aromatic N) is 2. The smallest absolute Gasteiger partial charge is 0.418 e. The Morgan fingerprint density at radius 2 is 2.17 bits per heavy atom. The Morgan fingerprint density at radius 1 is 1.42 bits per heavy atom. The molecule has 194 valence electrons. The van der Waals surface area contributed by atoms with Gasteiger partial charge in [-0.2, -0.15) is 18.4 Å². The monoisotopic (exact) mass is 508 g/mol. The van der Waals surface area contributed by atoms with E-state index in [0.29, 0.717) is 19.4 Å². The number of H-pyrrole nitrogens is 1. The molecule has 0 spiro atoms. The van der Waals surface area contributed by atoms with E-state index in [9.17, 15) is 33.2 Å². The van der Waals surface area contributed by atoms with Gasteiger partial charge in [0, 0.05) is 30.2 Å². The highest BCUT2D eigenvalue weighted by Crippen LogP contribution is 2.38. The number of hydrogen-bond acceptors (Lipinski definition) is 6. The van der Waals surface area contributed by atoms with E-state index in [1.165, 1.54) is 19.2 Å². The zero-order chi connectivity index (χ0) is 26.3. The van der Waals surface area contributed by atoms with Crippen molar-refractivity contribution in [2.24, 2.45) is 11.8 Å². The number of amides is 2. The van der Waals surface area contributed by atoms with E-state index in [2.05, 4.69) is 21.0 Å². The van der Waals surface area contributed by atoms with E-state index < -0.39 is 34.6 Å². The number of fused-ring (bicyclic) bond motifs is 1. The molecule has 2 saturated heterocycles. The number of carbonyl (C=O) groups excluding carboxylic acids is 2. The lowest BCUT2D eigenvalue weighted by Crippen LogP contribution is -2.64. The van der Waals surface area contributed by atoms with Crippen molar-refractivity contribution in [3.63, 3.8) is 0 Å². The van der Waals surface area contributed by atoms with Crippen LogP contribution in [0.3, 0.4) is 0 Å². The first kappa shape index (κ1) is 25.7. The van der Waals surface area contributed by atoms with Crippen molar-refractivity contribution in [3.8, 4) is 11.8 Å². The van der Waals surface area contributed by atoms with Gasteiger partial charge in [-0.15, -0.1) is 5.43 Å². The normalized spacial score (nSPS) is 27.0. The number of benzene rings is 1. The summed E-state index contributed by atoms with van der Waals surface area (Å²) < 4.78 is 44.5. The molecular weight excluding hydrogens is 481 g/mol. The summed E-state index contributed by atoms with van der Waals surface area (Å²) in [6.45, 7) is 2.41. The lowest BCUT2D eigenvalue weighted by molar-refractivity contribution is -0.940. The first-order valence-corrected chi connectivity index (χ1v) is 11.6. The molecule has 0 radical (unpaired) electrons. The third-order valence-electron chi connectivity index (χ3n) is 6.75. The highest BCUT2D eigenvalue weighted by atomic mass is 19.4. The number of carbonyl (C=O) groups is 2. The fraction of sp³-hybridized carbons (Fsp3) is 0.522. The first-order valence-electron chi connectivity index (χ1n) is 11.6. The van der Waals surface area contributed by atoms with E-state index in [1.807, 2.05) is 13.0 Å². The predicted molar refractivity (Wildman–Crippen MR) is 122 cm³/mol. The molecule has 5 atom stereocenters. The molecule has 4 rings (SSSR count). The summed E-state index contributed by atoms with van der Waals surface area (Å²) in [5, 5.41) is 28.7. The average molecular weight is 509 g/mol. The SMILES string of the molecule is COc1ccc(C(F)(F)F)c2[nH]c(C(=O)N[C@@H]3CC(C)C[N+]3([O-])N[C@H](C#N)C[C@@H]3CCNC3=O)cc12. The summed E-state index contributed by atoms with van der Waals surface area (Å²) in [6.07, 6.45) is -4.63. The van der Waals surface area contributed by atoms with Crippen molar-refractivity contribution < 1.29 is 32.3 Å². The topological polar surface area (TPSA) is 142 Å². The highest BCUT2D eigenvalue weighted by Gasteiger charge is 2.43. The average Bonchev–Trinajstić information content (AvgIpc) is 3.49. The molecule has 4 N–H and O–H groups in total. The minimum Gasteiger partial charge on any atom is -0.610 e. The Labute approximate surface area is 204 Å². The van der Waals surface area contributed by atoms with Crippen LogP contribution >= 0.6 is 0 Å². The van der Waals surface area contributed by atoms with Crippen LogP contribution in [0.4, 0.5) is 13.2 Å². The summed E-state index contributed by atoms with van der Waals surface area (Å²) in [5.41, 5.74) is 1.34. The standard InChI is InChI=1S/C23H27F3N6O4/c1-12-7-19(32(35,11-12)31-14(10-27)8-13-5-6-28-21(13)33)30-22(34)17-9-15-18(36-2)4-3-16(20(15)29-17)23(24,25)26/h3-4,9,12-14,19,29,31H,5-8,11H2,1-2H3,(H,28,33)(H,30,34)/t12?,13-,14-,19-,32?/m0/s1. The van der Waals surface area contributed by atoms with Gasteiger partial charge >= 0.3 is 6.18 Å². The number of halogens is 3. The molecule has 2 aliphatic rings. The van der Waals surface area contributed by atoms with Gasteiger partial charge in [-0.25, -0.2) is 0 Å². The summed E-state index contributed by atoms with van der Waals surface area (Å²) >= 11 is 0. The second-order valence-electron chi connectivity index (χ2n) is 9.42. The number of nitriles is 1. The summed E-state index contributed by atoms with van der Waals surface area (Å²) in [6, 6.07) is 4.40. The molecule has 2 fully saturated rings. The number of rotatable bonds is 7. The molecule has 2 unspecified atom stereocenters. The van der Waals surface area contributed by atoms with Gasteiger partial charge in [0.15, 0.2) is 6.17 Å². The Hall–Kier alpha value is -3.34. The van der Waals surface area contributed by atoms with Crippen molar-refractivity contribution in [1.29, 1.82) is 5.26 Å². The van der Waals surface area contributed by atoms with Gasteiger partial charge in [-0.1, -0.05) is 6.92 Å². The molecule has 36 heavy (non-hydrogen) atoms. The molecule has 1 aromatic heterocycles. The lowest BCUT2D eigenvalue weighted by Gasteiger charge is -2.44. The number of nitrogens with one attached hydrogen (secondary N) is 4. The van der Waals surface area contributed by atoms with Crippen LogP contribution in [0.5, 0.6) is 5.75 Å². The third-order valence-corrected chi connectivity index (χ3v) is 6.75. The number of alkyl halides is 3. The van der Waals surface area contributed by atoms with E-state index in [0.717, 1.165) is 6.07 Å². The molecule has 2 aliphatic heterocycles. The van der Waals surface area contributed by atoms with E-state index in [1.54, 1.807) is 0 Å². The first-order chi connectivity index (χ1) is 16.9. The molecule has 0 bridgehead atoms. The lowest BCUT2D eigenvalue weighted by atomic mass is 9.99. The van der Waals surface area contributed by atoms with Crippen LogP contribution in [-0.4, -0.2) is 54.0 Å². The number of ether oxygens (including phenoxy) is 1. The van der Waals surface area contributed by atoms with Crippen LogP contribution in [0.2, 0.25) is 0 Å².